The van der Waals surface area contributed by atoms with Crippen LogP contribution >= 0.6 is 11.6 Å². The standard InChI is InChI=1S/C23H29ClN2O2/c1-4-5-13-25-23(28)18(3)26(16-19-11-9-17(2)10-12-19)22(27)15-20-7-6-8-21(24)14-20/h6-12,14,18H,4-5,13,15-16H2,1-3H3,(H,25,28)/t18-/m0/s1. The van der Waals surface area contributed by atoms with Gasteiger partial charge in [0, 0.05) is 18.1 Å². The zero-order valence-electron chi connectivity index (χ0n) is 16.9. The fourth-order valence-corrected chi connectivity index (χ4v) is 3.14. The predicted molar refractivity (Wildman–Crippen MR) is 114 cm³/mol. The van der Waals surface area contributed by atoms with E-state index in [2.05, 4.69) is 12.2 Å². The van der Waals surface area contributed by atoms with Crippen LogP contribution < -0.4 is 5.32 Å². The number of unbranched alkanes of at least 4 members (excludes halogenated alkanes) is 1. The van der Waals surface area contributed by atoms with Gasteiger partial charge in [-0.05, 0) is 43.5 Å². The lowest BCUT2D eigenvalue weighted by Crippen LogP contribution is -2.48. The van der Waals surface area contributed by atoms with Crippen LogP contribution in [-0.2, 0) is 22.6 Å². The van der Waals surface area contributed by atoms with Crippen LogP contribution in [0.2, 0.25) is 5.02 Å². The van der Waals surface area contributed by atoms with Crippen molar-refractivity contribution in [2.24, 2.45) is 0 Å². The summed E-state index contributed by atoms with van der Waals surface area (Å²) in [5, 5.41) is 3.53. The first-order valence-electron chi connectivity index (χ1n) is 9.78. The van der Waals surface area contributed by atoms with Crippen LogP contribution in [0.4, 0.5) is 0 Å². The monoisotopic (exact) mass is 400 g/mol. The number of rotatable bonds is 9. The normalized spacial score (nSPS) is 11.7. The highest BCUT2D eigenvalue weighted by molar-refractivity contribution is 6.30. The minimum absolute atomic E-state index is 0.0963. The van der Waals surface area contributed by atoms with E-state index in [0.29, 0.717) is 18.1 Å². The van der Waals surface area contributed by atoms with Gasteiger partial charge in [-0.25, -0.2) is 0 Å². The summed E-state index contributed by atoms with van der Waals surface area (Å²) in [5.41, 5.74) is 2.99. The molecule has 0 aliphatic heterocycles. The van der Waals surface area contributed by atoms with Crippen molar-refractivity contribution >= 4 is 23.4 Å². The molecule has 0 spiro atoms. The predicted octanol–water partition coefficient (Wildman–Crippen LogP) is 4.52. The lowest BCUT2D eigenvalue weighted by Gasteiger charge is -2.29. The van der Waals surface area contributed by atoms with Gasteiger partial charge in [-0.15, -0.1) is 0 Å². The number of aryl methyl sites for hydroxylation is 1. The first kappa shape index (κ1) is 22.0. The molecule has 150 valence electrons. The molecule has 0 fully saturated rings. The fraction of sp³-hybridized carbons (Fsp3) is 0.391. The third kappa shape index (κ3) is 6.68. The molecule has 0 aromatic heterocycles. The molecule has 28 heavy (non-hydrogen) atoms. The molecule has 0 bridgehead atoms. The lowest BCUT2D eigenvalue weighted by atomic mass is 10.1. The molecular formula is C23H29ClN2O2. The van der Waals surface area contributed by atoms with Gasteiger partial charge in [-0.2, -0.15) is 0 Å². The minimum atomic E-state index is -0.551. The molecule has 4 nitrogen and oxygen atoms in total. The van der Waals surface area contributed by atoms with Gasteiger partial charge in [-0.1, -0.05) is 66.9 Å². The number of carbonyl (C=O) groups excluding carboxylic acids is 2. The van der Waals surface area contributed by atoms with Gasteiger partial charge < -0.3 is 10.2 Å². The van der Waals surface area contributed by atoms with Gasteiger partial charge in [0.25, 0.3) is 0 Å². The number of carbonyl (C=O) groups is 2. The van der Waals surface area contributed by atoms with Crippen LogP contribution in [0.5, 0.6) is 0 Å². The SMILES string of the molecule is CCCCNC(=O)[C@H](C)N(Cc1ccc(C)cc1)C(=O)Cc1cccc(Cl)c1. The highest BCUT2D eigenvalue weighted by atomic mass is 35.5. The number of hydrogen-bond donors (Lipinski definition) is 1. The summed E-state index contributed by atoms with van der Waals surface area (Å²) in [5.74, 6) is -0.221. The van der Waals surface area contributed by atoms with E-state index in [1.165, 1.54) is 0 Å². The molecule has 2 aromatic rings. The van der Waals surface area contributed by atoms with Crippen LogP contribution in [0, 0.1) is 6.92 Å². The van der Waals surface area contributed by atoms with Gasteiger partial charge in [0.1, 0.15) is 6.04 Å². The van der Waals surface area contributed by atoms with Crippen molar-refractivity contribution in [3.63, 3.8) is 0 Å². The molecule has 0 saturated carbocycles. The molecule has 0 saturated heterocycles. The van der Waals surface area contributed by atoms with Gasteiger partial charge in [0.05, 0.1) is 6.42 Å². The summed E-state index contributed by atoms with van der Waals surface area (Å²) in [4.78, 5) is 27.3. The van der Waals surface area contributed by atoms with Crippen molar-refractivity contribution in [2.45, 2.75) is 52.6 Å². The van der Waals surface area contributed by atoms with E-state index in [9.17, 15) is 9.59 Å². The fourth-order valence-electron chi connectivity index (χ4n) is 2.93. The number of halogens is 1. The first-order chi connectivity index (χ1) is 13.4. The van der Waals surface area contributed by atoms with E-state index in [1.54, 1.807) is 24.0 Å². The molecule has 2 rings (SSSR count). The number of nitrogens with zero attached hydrogens (tertiary/aromatic N) is 1. The third-order valence-electron chi connectivity index (χ3n) is 4.71. The third-order valence-corrected chi connectivity index (χ3v) is 4.95. The van der Waals surface area contributed by atoms with E-state index in [4.69, 9.17) is 11.6 Å². The molecule has 0 unspecified atom stereocenters. The number of hydrogen-bond acceptors (Lipinski definition) is 2. The van der Waals surface area contributed by atoms with E-state index in [-0.39, 0.29) is 18.2 Å². The lowest BCUT2D eigenvalue weighted by molar-refractivity contribution is -0.140. The molecule has 1 N–H and O–H groups in total. The van der Waals surface area contributed by atoms with Gasteiger partial charge >= 0.3 is 0 Å². The smallest absolute Gasteiger partial charge is 0.242 e. The Balaban J connectivity index is 2.17. The number of amides is 2. The van der Waals surface area contributed by atoms with Crippen molar-refractivity contribution in [3.8, 4) is 0 Å². The topological polar surface area (TPSA) is 49.4 Å². The molecule has 2 aromatic carbocycles. The Bertz CT molecular complexity index is 789. The zero-order valence-corrected chi connectivity index (χ0v) is 17.6. The summed E-state index contributed by atoms with van der Waals surface area (Å²) < 4.78 is 0. The molecule has 0 heterocycles. The van der Waals surface area contributed by atoms with Crippen molar-refractivity contribution < 1.29 is 9.59 Å². The van der Waals surface area contributed by atoms with E-state index in [1.807, 2.05) is 43.3 Å². The van der Waals surface area contributed by atoms with Crippen LogP contribution in [-0.4, -0.2) is 29.3 Å². The summed E-state index contributed by atoms with van der Waals surface area (Å²) in [7, 11) is 0. The Morgan fingerprint density at radius 3 is 2.46 bits per heavy atom. The summed E-state index contributed by atoms with van der Waals surface area (Å²) >= 11 is 6.05. The van der Waals surface area contributed by atoms with Crippen LogP contribution in [0.25, 0.3) is 0 Å². The number of benzene rings is 2. The molecule has 0 radical (unpaired) electrons. The molecule has 2 amide bonds. The maximum Gasteiger partial charge on any atom is 0.242 e. The maximum atomic E-state index is 13.1. The number of nitrogens with one attached hydrogen (secondary N) is 1. The van der Waals surface area contributed by atoms with Crippen molar-refractivity contribution in [3.05, 3.63) is 70.2 Å². The van der Waals surface area contributed by atoms with Gasteiger partial charge in [0.2, 0.25) is 11.8 Å². The van der Waals surface area contributed by atoms with Crippen molar-refractivity contribution in [2.75, 3.05) is 6.54 Å². The van der Waals surface area contributed by atoms with Crippen LogP contribution in [0.1, 0.15) is 43.4 Å². The second-order valence-corrected chi connectivity index (χ2v) is 7.57. The molecule has 1 atom stereocenters. The Kier molecular flexibility index (Phi) is 8.52. The van der Waals surface area contributed by atoms with Crippen molar-refractivity contribution in [1.29, 1.82) is 0 Å². The van der Waals surface area contributed by atoms with E-state index < -0.39 is 6.04 Å². The summed E-state index contributed by atoms with van der Waals surface area (Å²) in [6.45, 7) is 6.90. The van der Waals surface area contributed by atoms with Crippen LogP contribution in [0.15, 0.2) is 48.5 Å². The Morgan fingerprint density at radius 2 is 1.82 bits per heavy atom. The Labute approximate surface area is 172 Å². The van der Waals surface area contributed by atoms with E-state index >= 15 is 0 Å². The van der Waals surface area contributed by atoms with Gasteiger partial charge in [-0.3, -0.25) is 9.59 Å². The second-order valence-electron chi connectivity index (χ2n) is 7.13. The van der Waals surface area contributed by atoms with Crippen LogP contribution in [0.3, 0.4) is 0 Å². The minimum Gasteiger partial charge on any atom is -0.354 e. The highest BCUT2D eigenvalue weighted by Crippen LogP contribution is 2.15. The first-order valence-corrected chi connectivity index (χ1v) is 10.2. The summed E-state index contributed by atoms with van der Waals surface area (Å²) in [6.07, 6.45) is 2.14. The second kappa shape index (κ2) is 10.9. The average Bonchev–Trinajstić information content (AvgIpc) is 2.67. The Hall–Kier alpha value is -2.33. The maximum absolute atomic E-state index is 13.1. The molecular weight excluding hydrogens is 372 g/mol. The van der Waals surface area contributed by atoms with E-state index in [0.717, 1.165) is 29.5 Å². The highest BCUT2D eigenvalue weighted by Gasteiger charge is 2.26. The Morgan fingerprint density at radius 1 is 1.11 bits per heavy atom. The molecule has 5 heteroatoms. The largest absolute Gasteiger partial charge is 0.354 e. The zero-order chi connectivity index (χ0) is 20.5. The summed E-state index contributed by atoms with van der Waals surface area (Å²) in [6, 6.07) is 14.7. The molecule has 0 aliphatic rings. The average molecular weight is 401 g/mol. The van der Waals surface area contributed by atoms with Gasteiger partial charge in [0.15, 0.2) is 0 Å². The van der Waals surface area contributed by atoms with Crippen molar-refractivity contribution in [1.82, 2.24) is 10.2 Å². The quantitative estimate of drug-likeness (QED) is 0.629. The molecule has 0 aliphatic carbocycles.